The van der Waals surface area contributed by atoms with Crippen LogP contribution in [0.2, 0.25) is 0 Å². The molecule has 3 aromatic carbocycles. The summed E-state index contributed by atoms with van der Waals surface area (Å²) in [5.41, 5.74) is 1.54. The molecule has 2 aliphatic heterocycles. The fourth-order valence-electron chi connectivity index (χ4n) is 5.01. The normalized spacial score (nSPS) is 17.0. The van der Waals surface area contributed by atoms with Crippen molar-refractivity contribution in [2.45, 2.75) is 30.0 Å². The standard InChI is InChI=1S/C32H28FN3O7S2/c1-3-40-22-11-7-19(15-24(22)41-4-2)27-26(28(37)20-8-12-23-25(16-20)43-14-13-42-23)29(38)30(39)36(27)31-34-35-32(45-31)44-17-18-5-9-21(33)10-6-18/h5-12,15-16,27,37H,3-4,13-14,17H2,1-2H3/b28-26+. The molecule has 1 saturated heterocycles. The molecular formula is C32H28FN3O7S2. The van der Waals surface area contributed by atoms with E-state index in [9.17, 15) is 19.1 Å². The summed E-state index contributed by atoms with van der Waals surface area (Å²) in [5.74, 6) is -0.0814. The lowest BCUT2D eigenvalue weighted by atomic mass is 9.95. The van der Waals surface area contributed by atoms with Crippen molar-refractivity contribution >= 4 is 45.7 Å². The maximum atomic E-state index is 13.7. The smallest absolute Gasteiger partial charge is 0.301 e. The molecule has 1 amide bonds. The summed E-state index contributed by atoms with van der Waals surface area (Å²) in [6, 6.07) is 15.0. The molecule has 1 N–H and O–H groups in total. The summed E-state index contributed by atoms with van der Waals surface area (Å²) >= 11 is 2.50. The minimum atomic E-state index is -1.06. The highest BCUT2D eigenvalue weighted by atomic mass is 32.2. The number of amides is 1. The fraction of sp³-hybridized carbons (Fsp3) is 0.250. The first-order valence-corrected chi connectivity index (χ1v) is 16.0. The molecule has 232 valence electrons. The molecule has 0 radical (unpaired) electrons. The predicted molar refractivity (Wildman–Crippen MR) is 167 cm³/mol. The van der Waals surface area contributed by atoms with Gasteiger partial charge in [-0.1, -0.05) is 41.3 Å². The van der Waals surface area contributed by atoms with Crippen LogP contribution < -0.4 is 23.8 Å². The van der Waals surface area contributed by atoms with Crippen molar-refractivity contribution in [1.29, 1.82) is 0 Å². The minimum absolute atomic E-state index is 0.126. The monoisotopic (exact) mass is 649 g/mol. The number of anilines is 1. The molecule has 0 spiro atoms. The van der Waals surface area contributed by atoms with Crippen LogP contribution in [0.3, 0.4) is 0 Å². The number of carbonyl (C=O) groups is 2. The van der Waals surface area contributed by atoms with Gasteiger partial charge in [0.05, 0.1) is 24.8 Å². The summed E-state index contributed by atoms with van der Waals surface area (Å²) in [6.07, 6.45) is 0. The van der Waals surface area contributed by atoms with Crippen molar-refractivity contribution in [3.05, 3.63) is 88.7 Å². The second-order valence-electron chi connectivity index (χ2n) is 9.87. The summed E-state index contributed by atoms with van der Waals surface area (Å²) in [6.45, 7) is 5.19. The molecule has 1 aromatic heterocycles. The predicted octanol–water partition coefficient (Wildman–Crippen LogP) is 6.16. The Morgan fingerprint density at radius 3 is 2.47 bits per heavy atom. The van der Waals surface area contributed by atoms with Crippen molar-refractivity contribution in [2.24, 2.45) is 0 Å². The van der Waals surface area contributed by atoms with Crippen molar-refractivity contribution in [3.8, 4) is 23.0 Å². The fourth-order valence-corrected chi connectivity index (χ4v) is 6.84. The van der Waals surface area contributed by atoms with Gasteiger partial charge >= 0.3 is 5.91 Å². The Bertz CT molecular complexity index is 1780. The maximum absolute atomic E-state index is 13.7. The Morgan fingerprint density at radius 2 is 1.71 bits per heavy atom. The van der Waals surface area contributed by atoms with Gasteiger partial charge in [-0.2, -0.15) is 0 Å². The van der Waals surface area contributed by atoms with Crippen molar-refractivity contribution in [1.82, 2.24) is 10.2 Å². The van der Waals surface area contributed by atoms with E-state index < -0.39 is 17.7 Å². The van der Waals surface area contributed by atoms with Crippen LogP contribution in [0, 0.1) is 5.82 Å². The van der Waals surface area contributed by atoms with Gasteiger partial charge in [0.1, 0.15) is 24.8 Å². The third-order valence-electron chi connectivity index (χ3n) is 7.02. The molecule has 4 aromatic rings. The third-order valence-corrected chi connectivity index (χ3v) is 9.15. The molecule has 3 heterocycles. The van der Waals surface area contributed by atoms with E-state index in [0.29, 0.717) is 65.1 Å². The number of hydrogen-bond donors (Lipinski definition) is 1. The number of aromatic nitrogens is 2. The largest absolute Gasteiger partial charge is 0.507 e. The van der Waals surface area contributed by atoms with Crippen molar-refractivity contribution in [2.75, 3.05) is 31.3 Å². The van der Waals surface area contributed by atoms with Gasteiger partial charge in [-0.05, 0) is 67.4 Å². The van der Waals surface area contributed by atoms with Crippen LogP contribution in [0.4, 0.5) is 9.52 Å². The average molecular weight is 650 g/mol. The molecule has 10 nitrogen and oxygen atoms in total. The number of ether oxygens (including phenoxy) is 4. The molecule has 0 bridgehead atoms. The number of rotatable bonds is 10. The lowest BCUT2D eigenvalue weighted by Gasteiger charge is -2.24. The molecule has 13 heteroatoms. The van der Waals surface area contributed by atoms with Gasteiger partial charge in [0.15, 0.2) is 27.3 Å². The molecule has 1 unspecified atom stereocenters. The Labute approximate surface area is 266 Å². The zero-order chi connectivity index (χ0) is 31.5. The number of halogens is 1. The number of fused-ring (bicyclic) bond motifs is 1. The molecular weight excluding hydrogens is 621 g/mol. The van der Waals surface area contributed by atoms with E-state index in [1.807, 2.05) is 13.8 Å². The van der Waals surface area contributed by atoms with Crippen LogP contribution in [-0.2, 0) is 15.3 Å². The van der Waals surface area contributed by atoms with Gasteiger partial charge in [0.2, 0.25) is 5.13 Å². The van der Waals surface area contributed by atoms with E-state index >= 15 is 0 Å². The maximum Gasteiger partial charge on any atom is 0.301 e. The number of benzene rings is 3. The number of thioether (sulfide) groups is 1. The van der Waals surface area contributed by atoms with Crippen molar-refractivity contribution < 1.29 is 38.0 Å². The second kappa shape index (κ2) is 13.2. The number of nitrogens with zero attached hydrogens (tertiary/aromatic N) is 3. The Morgan fingerprint density at radius 1 is 0.978 bits per heavy atom. The van der Waals surface area contributed by atoms with Gasteiger partial charge in [-0.15, -0.1) is 10.2 Å². The number of ketones is 1. The first-order chi connectivity index (χ1) is 21.9. The topological polar surface area (TPSA) is 120 Å². The van der Waals surface area contributed by atoms with Crippen LogP contribution in [0.15, 0.2) is 70.6 Å². The van der Waals surface area contributed by atoms with Crippen LogP contribution in [0.25, 0.3) is 5.76 Å². The molecule has 6 rings (SSSR count). The summed E-state index contributed by atoms with van der Waals surface area (Å²) in [5, 5.41) is 20.3. The molecule has 0 aliphatic carbocycles. The van der Waals surface area contributed by atoms with Gasteiger partial charge in [-0.3, -0.25) is 14.5 Å². The van der Waals surface area contributed by atoms with E-state index in [1.165, 1.54) is 28.8 Å². The first kappa shape index (κ1) is 30.4. The Balaban J connectivity index is 1.42. The van der Waals surface area contributed by atoms with Crippen LogP contribution in [0.1, 0.15) is 36.6 Å². The number of hydrogen-bond acceptors (Lipinski definition) is 11. The molecule has 0 saturated carbocycles. The lowest BCUT2D eigenvalue weighted by molar-refractivity contribution is -0.132. The van der Waals surface area contributed by atoms with E-state index in [1.54, 1.807) is 48.5 Å². The highest BCUT2D eigenvalue weighted by molar-refractivity contribution is 8.00. The third kappa shape index (κ3) is 6.18. The van der Waals surface area contributed by atoms with E-state index in [0.717, 1.165) is 16.9 Å². The summed E-state index contributed by atoms with van der Waals surface area (Å²) < 4.78 is 36.7. The van der Waals surface area contributed by atoms with Crippen molar-refractivity contribution in [3.63, 3.8) is 0 Å². The Hall–Kier alpha value is -4.62. The van der Waals surface area contributed by atoms with E-state index in [2.05, 4.69) is 10.2 Å². The molecule has 45 heavy (non-hydrogen) atoms. The van der Waals surface area contributed by atoms with Crippen LogP contribution in [0.5, 0.6) is 23.0 Å². The molecule has 2 aliphatic rings. The number of carbonyl (C=O) groups excluding carboxylic acids is 2. The van der Waals surface area contributed by atoms with Crippen LogP contribution >= 0.6 is 23.1 Å². The van der Waals surface area contributed by atoms with Gasteiger partial charge < -0.3 is 24.1 Å². The summed E-state index contributed by atoms with van der Waals surface area (Å²) in [7, 11) is 0. The van der Waals surface area contributed by atoms with Gasteiger partial charge in [0.25, 0.3) is 5.78 Å². The number of Topliss-reactive ketones (excluding diaryl/α,β-unsaturated/α-hetero) is 1. The van der Waals surface area contributed by atoms with Gasteiger partial charge in [0, 0.05) is 11.3 Å². The average Bonchev–Trinajstić information content (AvgIpc) is 3.63. The lowest BCUT2D eigenvalue weighted by Crippen LogP contribution is -2.29. The highest BCUT2D eigenvalue weighted by Crippen LogP contribution is 2.46. The van der Waals surface area contributed by atoms with Crippen LogP contribution in [-0.4, -0.2) is 53.4 Å². The zero-order valence-electron chi connectivity index (χ0n) is 24.3. The minimum Gasteiger partial charge on any atom is -0.507 e. The SMILES string of the molecule is CCOc1ccc(C2/C(=C(\O)c3ccc4c(c3)OCCO4)C(=O)C(=O)N2c2nnc(SCc3ccc(F)cc3)s2)cc1OCC. The number of aliphatic hydroxyl groups is 1. The quantitative estimate of drug-likeness (QED) is 0.0703. The molecule has 1 atom stereocenters. The summed E-state index contributed by atoms with van der Waals surface area (Å²) in [4.78, 5) is 28.6. The zero-order valence-corrected chi connectivity index (χ0v) is 26.0. The highest BCUT2D eigenvalue weighted by Gasteiger charge is 2.48. The first-order valence-electron chi connectivity index (χ1n) is 14.2. The van der Waals surface area contributed by atoms with E-state index in [-0.39, 0.29) is 27.8 Å². The Kier molecular flexibility index (Phi) is 8.90. The van der Waals surface area contributed by atoms with E-state index in [4.69, 9.17) is 18.9 Å². The van der Waals surface area contributed by atoms with Gasteiger partial charge in [-0.25, -0.2) is 4.39 Å². The molecule has 1 fully saturated rings. The number of aliphatic hydroxyl groups excluding tert-OH is 1. The second-order valence-corrected chi connectivity index (χ2v) is 12.0.